The number of aryl methyl sites for hydroxylation is 1. The van der Waals surface area contributed by atoms with Crippen LogP contribution >= 0.6 is 0 Å². The summed E-state index contributed by atoms with van der Waals surface area (Å²) < 4.78 is 29.7. The topological polar surface area (TPSA) is 105 Å². The number of hydrogen-bond donors (Lipinski definition) is 2. The van der Waals surface area contributed by atoms with E-state index < -0.39 is 16.1 Å². The molecule has 154 valence electrons. The molecule has 29 heavy (non-hydrogen) atoms. The van der Waals surface area contributed by atoms with Crippen LogP contribution in [0, 0.1) is 12.8 Å². The summed E-state index contributed by atoms with van der Waals surface area (Å²) in [6, 6.07) is 11.2. The molecule has 2 N–H and O–H groups in total. The van der Waals surface area contributed by atoms with Crippen LogP contribution in [-0.2, 0) is 21.2 Å². The number of fused-ring (bicyclic) bond motifs is 1. The molecule has 1 aromatic carbocycles. The Balaban J connectivity index is 1.64. The van der Waals surface area contributed by atoms with Crippen molar-refractivity contribution in [2.75, 3.05) is 6.54 Å². The molecule has 0 saturated carbocycles. The zero-order chi connectivity index (χ0) is 21.0. The molecular formula is C20H25N5O3S. The molecule has 1 amide bonds. The van der Waals surface area contributed by atoms with Crippen molar-refractivity contribution in [3.8, 4) is 0 Å². The molecule has 1 atom stereocenters. The summed E-state index contributed by atoms with van der Waals surface area (Å²) in [6.45, 7) is 5.80. The number of nitrogens with zero attached hydrogens (tertiary/aromatic N) is 3. The molecular weight excluding hydrogens is 390 g/mol. The summed E-state index contributed by atoms with van der Waals surface area (Å²) in [4.78, 5) is 12.8. The normalized spacial score (nSPS) is 13.0. The van der Waals surface area contributed by atoms with Gasteiger partial charge in [-0.1, -0.05) is 37.6 Å². The Morgan fingerprint density at radius 3 is 2.52 bits per heavy atom. The lowest BCUT2D eigenvalue weighted by Crippen LogP contribution is -2.50. The van der Waals surface area contributed by atoms with E-state index >= 15 is 0 Å². The van der Waals surface area contributed by atoms with Crippen LogP contribution in [0.1, 0.15) is 25.2 Å². The van der Waals surface area contributed by atoms with Crippen molar-refractivity contribution in [3.63, 3.8) is 0 Å². The van der Waals surface area contributed by atoms with Crippen molar-refractivity contribution in [1.29, 1.82) is 0 Å². The molecule has 0 radical (unpaired) electrons. The maximum absolute atomic E-state index is 12.7. The molecule has 0 saturated heterocycles. The maximum Gasteiger partial charge on any atom is 0.241 e. The molecule has 8 nitrogen and oxygen atoms in total. The largest absolute Gasteiger partial charge is 0.354 e. The van der Waals surface area contributed by atoms with E-state index in [9.17, 15) is 13.2 Å². The molecule has 0 bridgehead atoms. The Kier molecular flexibility index (Phi) is 6.29. The Bertz CT molecular complexity index is 1090. The van der Waals surface area contributed by atoms with Gasteiger partial charge < -0.3 is 5.32 Å². The van der Waals surface area contributed by atoms with Gasteiger partial charge in [-0.2, -0.15) is 4.72 Å². The van der Waals surface area contributed by atoms with Gasteiger partial charge in [0.25, 0.3) is 0 Å². The number of carbonyl (C=O) groups excluding carboxylic acids is 1. The molecule has 9 heteroatoms. The number of nitrogens with one attached hydrogen (secondary N) is 2. The Labute approximate surface area is 170 Å². The molecule has 3 rings (SSSR count). The lowest BCUT2D eigenvalue weighted by atomic mass is 10.1. The zero-order valence-corrected chi connectivity index (χ0v) is 17.5. The first-order valence-corrected chi connectivity index (χ1v) is 10.9. The van der Waals surface area contributed by atoms with E-state index in [4.69, 9.17) is 0 Å². The van der Waals surface area contributed by atoms with E-state index in [-0.39, 0.29) is 16.7 Å². The van der Waals surface area contributed by atoms with E-state index in [1.165, 1.54) is 12.1 Å². The van der Waals surface area contributed by atoms with Gasteiger partial charge in [0.05, 0.1) is 4.90 Å². The average molecular weight is 416 g/mol. The monoisotopic (exact) mass is 415 g/mol. The number of amides is 1. The predicted molar refractivity (Wildman–Crippen MR) is 110 cm³/mol. The van der Waals surface area contributed by atoms with Crippen LogP contribution in [0.4, 0.5) is 0 Å². The van der Waals surface area contributed by atoms with Gasteiger partial charge in [0.15, 0.2) is 5.65 Å². The van der Waals surface area contributed by atoms with Crippen LogP contribution in [0.15, 0.2) is 53.6 Å². The average Bonchev–Trinajstić information content (AvgIpc) is 3.09. The fourth-order valence-electron chi connectivity index (χ4n) is 2.91. The van der Waals surface area contributed by atoms with Crippen LogP contribution in [0.5, 0.6) is 0 Å². The van der Waals surface area contributed by atoms with Crippen molar-refractivity contribution in [2.24, 2.45) is 5.92 Å². The SMILES string of the molecule is Cc1ccc(S(=O)(=O)NC(C(=O)NCCc2nnc3ccccn23)C(C)C)cc1. The van der Waals surface area contributed by atoms with Crippen molar-refractivity contribution in [2.45, 2.75) is 38.1 Å². The highest BCUT2D eigenvalue weighted by Gasteiger charge is 2.28. The molecule has 0 spiro atoms. The van der Waals surface area contributed by atoms with Crippen molar-refractivity contribution in [3.05, 3.63) is 60.0 Å². The van der Waals surface area contributed by atoms with Gasteiger partial charge in [-0.05, 0) is 37.1 Å². The molecule has 2 aromatic heterocycles. The number of rotatable bonds is 8. The van der Waals surface area contributed by atoms with Crippen molar-refractivity contribution >= 4 is 21.6 Å². The first kappa shape index (κ1) is 20.9. The molecule has 1 unspecified atom stereocenters. The third-order valence-corrected chi connectivity index (χ3v) is 6.05. The smallest absolute Gasteiger partial charge is 0.241 e. The number of hydrogen-bond acceptors (Lipinski definition) is 5. The zero-order valence-electron chi connectivity index (χ0n) is 16.7. The summed E-state index contributed by atoms with van der Waals surface area (Å²) in [6.07, 6.45) is 2.34. The van der Waals surface area contributed by atoms with Crippen LogP contribution < -0.4 is 10.0 Å². The number of carbonyl (C=O) groups is 1. The fraction of sp³-hybridized carbons (Fsp3) is 0.350. The molecule has 0 fully saturated rings. The lowest BCUT2D eigenvalue weighted by Gasteiger charge is -2.21. The summed E-state index contributed by atoms with van der Waals surface area (Å²) in [5, 5.41) is 11.0. The van der Waals surface area contributed by atoms with Gasteiger partial charge in [-0.15, -0.1) is 10.2 Å². The fourth-order valence-corrected chi connectivity index (χ4v) is 4.26. The Morgan fingerprint density at radius 2 is 1.83 bits per heavy atom. The van der Waals surface area contributed by atoms with Crippen LogP contribution in [0.2, 0.25) is 0 Å². The van der Waals surface area contributed by atoms with Gasteiger partial charge >= 0.3 is 0 Å². The first-order valence-electron chi connectivity index (χ1n) is 9.43. The second-order valence-electron chi connectivity index (χ2n) is 7.24. The standard InChI is InChI=1S/C20H25N5O3S/c1-14(2)19(24-29(27,28)16-9-7-15(3)8-10-16)20(26)21-12-11-18-23-22-17-6-4-5-13-25(17)18/h4-10,13-14,19,24H,11-12H2,1-3H3,(H,21,26). The third kappa shape index (κ3) is 4.99. The number of sulfonamides is 1. The molecule has 0 aliphatic heterocycles. The quantitative estimate of drug-likeness (QED) is 0.583. The summed E-state index contributed by atoms with van der Waals surface area (Å²) in [5.74, 6) is 0.135. The number of pyridine rings is 1. The van der Waals surface area contributed by atoms with Gasteiger partial charge in [0, 0.05) is 19.2 Å². The Hall–Kier alpha value is -2.78. The van der Waals surface area contributed by atoms with Crippen LogP contribution in [0.3, 0.4) is 0 Å². The highest BCUT2D eigenvalue weighted by atomic mass is 32.2. The molecule has 0 aliphatic rings. The lowest BCUT2D eigenvalue weighted by molar-refractivity contribution is -0.123. The van der Waals surface area contributed by atoms with Gasteiger partial charge in [-0.25, -0.2) is 8.42 Å². The highest BCUT2D eigenvalue weighted by Crippen LogP contribution is 2.13. The van der Waals surface area contributed by atoms with Gasteiger partial charge in [-0.3, -0.25) is 9.20 Å². The van der Waals surface area contributed by atoms with E-state index in [0.29, 0.717) is 13.0 Å². The second-order valence-corrected chi connectivity index (χ2v) is 8.96. The van der Waals surface area contributed by atoms with E-state index in [0.717, 1.165) is 17.0 Å². The third-order valence-electron chi connectivity index (χ3n) is 4.59. The summed E-state index contributed by atoms with van der Waals surface area (Å²) in [7, 11) is -3.80. The van der Waals surface area contributed by atoms with Crippen molar-refractivity contribution in [1.82, 2.24) is 24.6 Å². The van der Waals surface area contributed by atoms with E-state index in [1.807, 2.05) is 35.7 Å². The minimum atomic E-state index is -3.80. The number of benzene rings is 1. The predicted octanol–water partition coefficient (Wildman–Crippen LogP) is 1.70. The second kappa shape index (κ2) is 8.71. The summed E-state index contributed by atoms with van der Waals surface area (Å²) >= 11 is 0. The molecule has 2 heterocycles. The van der Waals surface area contributed by atoms with E-state index in [2.05, 4.69) is 20.2 Å². The molecule has 3 aromatic rings. The van der Waals surface area contributed by atoms with Gasteiger partial charge in [0.2, 0.25) is 15.9 Å². The Morgan fingerprint density at radius 1 is 1.10 bits per heavy atom. The van der Waals surface area contributed by atoms with E-state index in [1.54, 1.807) is 26.0 Å². The highest BCUT2D eigenvalue weighted by molar-refractivity contribution is 7.89. The van der Waals surface area contributed by atoms with Crippen LogP contribution in [-0.4, -0.2) is 41.5 Å². The first-order chi connectivity index (χ1) is 13.8. The molecule has 0 aliphatic carbocycles. The maximum atomic E-state index is 12.7. The minimum absolute atomic E-state index is 0.136. The van der Waals surface area contributed by atoms with Crippen LogP contribution in [0.25, 0.3) is 5.65 Å². The number of aromatic nitrogens is 3. The minimum Gasteiger partial charge on any atom is -0.354 e. The summed E-state index contributed by atoms with van der Waals surface area (Å²) in [5.41, 5.74) is 1.70. The van der Waals surface area contributed by atoms with Crippen molar-refractivity contribution < 1.29 is 13.2 Å². The van der Waals surface area contributed by atoms with Gasteiger partial charge in [0.1, 0.15) is 11.9 Å².